The Balaban J connectivity index is 2.67. The molecule has 0 saturated carbocycles. The molecule has 1 rings (SSSR count). The van der Waals surface area contributed by atoms with Gasteiger partial charge in [0.05, 0.1) is 0 Å². The first kappa shape index (κ1) is 16.6. The van der Waals surface area contributed by atoms with Crippen LogP contribution in [0.2, 0.25) is 0 Å². The van der Waals surface area contributed by atoms with E-state index < -0.39 is 0 Å². The van der Waals surface area contributed by atoms with Gasteiger partial charge in [-0.1, -0.05) is 57.0 Å². The molecule has 1 N–H and O–H groups in total. The first-order valence-electron chi connectivity index (χ1n) is 7.60. The minimum atomic E-state index is 0.474. The third-order valence-corrected chi connectivity index (χ3v) is 4.72. The average Bonchev–Trinajstić information content (AvgIpc) is 2.41. The molecule has 0 spiro atoms. The summed E-state index contributed by atoms with van der Waals surface area (Å²) in [6.07, 6.45) is 3.80. The summed E-state index contributed by atoms with van der Waals surface area (Å²) in [5.74, 6) is 1.27. The van der Waals surface area contributed by atoms with Crippen molar-refractivity contribution in [3.63, 3.8) is 0 Å². The second-order valence-electron chi connectivity index (χ2n) is 5.27. The Labute approximate surface area is 123 Å². The van der Waals surface area contributed by atoms with Crippen LogP contribution >= 0.6 is 11.8 Å². The molecule has 0 aliphatic rings. The van der Waals surface area contributed by atoms with Crippen LogP contribution in [0.5, 0.6) is 0 Å². The topological polar surface area (TPSA) is 12.0 Å². The number of hydrogen-bond donors (Lipinski definition) is 1. The number of hydrogen-bond acceptors (Lipinski definition) is 2. The molecule has 0 heterocycles. The van der Waals surface area contributed by atoms with Gasteiger partial charge < -0.3 is 5.32 Å². The fraction of sp³-hybridized carbons (Fsp3) is 0.647. The van der Waals surface area contributed by atoms with Crippen molar-refractivity contribution in [1.82, 2.24) is 5.32 Å². The van der Waals surface area contributed by atoms with E-state index >= 15 is 0 Å². The molecule has 0 aliphatic carbocycles. The fourth-order valence-corrected chi connectivity index (χ4v) is 3.41. The first-order chi connectivity index (χ1) is 9.19. The molecule has 0 aromatic heterocycles. The van der Waals surface area contributed by atoms with E-state index in [1.807, 2.05) is 0 Å². The molecule has 1 aromatic rings. The molecule has 1 aromatic carbocycles. The number of rotatable bonds is 9. The highest BCUT2D eigenvalue weighted by molar-refractivity contribution is 7.99. The van der Waals surface area contributed by atoms with Crippen LogP contribution in [0.3, 0.4) is 0 Å². The van der Waals surface area contributed by atoms with Gasteiger partial charge in [-0.25, -0.2) is 0 Å². The lowest BCUT2D eigenvalue weighted by atomic mass is 10.0. The van der Waals surface area contributed by atoms with Gasteiger partial charge in [-0.2, -0.15) is 11.8 Å². The van der Waals surface area contributed by atoms with Crippen LogP contribution in [0.25, 0.3) is 0 Å². The Hall–Kier alpha value is -0.470. The van der Waals surface area contributed by atoms with E-state index in [1.54, 1.807) is 0 Å². The van der Waals surface area contributed by atoms with E-state index in [-0.39, 0.29) is 0 Å². The van der Waals surface area contributed by atoms with E-state index in [2.05, 4.69) is 69.0 Å². The minimum absolute atomic E-state index is 0.474. The van der Waals surface area contributed by atoms with Gasteiger partial charge in [0.2, 0.25) is 0 Å². The Kier molecular flexibility index (Phi) is 8.24. The molecule has 0 radical (unpaired) electrons. The predicted molar refractivity (Wildman–Crippen MR) is 89.0 cm³/mol. The molecule has 0 amide bonds. The fourth-order valence-electron chi connectivity index (χ4n) is 2.14. The van der Waals surface area contributed by atoms with Gasteiger partial charge in [-0.15, -0.1) is 0 Å². The van der Waals surface area contributed by atoms with Crippen molar-refractivity contribution in [2.24, 2.45) is 0 Å². The van der Waals surface area contributed by atoms with Crippen LogP contribution in [0, 0.1) is 6.92 Å². The summed E-state index contributed by atoms with van der Waals surface area (Å²) < 4.78 is 0. The van der Waals surface area contributed by atoms with Gasteiger partial charge in [-0.05, 0) is 37.6 Å². The number of thioether (sulfide) groups is 1. The van der Waals surface area contributed by atoms with Crippen molar-refractivity contribution in [2.75, 3.05) is 12.3 Å². The first-order valence-corrected chi connectivity index (χ1v) is 8.65. The molecule has 0 aliphatic heterocycles. The number of aryl methyl sites for hydroxylation is 1. The van der Waals surface area contributed by atoms with Crippen LogP contribution in [0.15, 0.2) is 24.3 Å². The lowest BCUT2D eigenvalue weighted by molar-refractivity contribution is 0.527. The van der Waals surface area contributed by atoms with Crippen LogP contribution in [-0.2, 0) is 0 Å². The van der Waals surface area contributed by atoms with Crippen molar-refractivity contribution in [3.8, 4) is 0 Å². The Morgan fingerprint density at radius 1 is 1.11 bits per heavy atom. The van der Waals surface area contributed by atoms with Crippen molar-refractivity contribution in [2.45, 2.75) is 58.2 Å². The van der Waals surface area contributed by atoms with Gasteiger partial charge >= 0.3 is 0 Å². The van der Waals surface area contributed by atoms with Crippen LogP contribution < -0.4 is 5.32 Å². The van der Waals surface area contributed by atoms with Crippen LogP contribution in [0.4, 0.5) is 0 Å². The second-order valence-corrected chi connectivity index (χ2v) is 6.76. The maximum Gasteiger partial charge on any atom is 0.0437 e. The number of nitrogens with one attached hydrogen (secondary N) is 1. The molecule has 2 atom stereocenters. The standard InChI is InChI=1S/C17H29NS/c1-5-7-13-19-15(4)17(18-12-6-2)16-10-8-14(3)9-11-16/h8-11,15,17-18H,5-7,12-13H2,1-4H3. The van der Waals surface area contributed by atoms with Gasteiger partial charge in [0, 0.05) is 11.3 Å². The highest BCUT2D eigenvalue weighted by Crippen LogP contribution is 2.27. The van der Waals surface area contributed by atoms with Crippen LogP contribution in [0.1, 0.15) is 57.2 Å². The average molecular weight is 279 g/mol. The molecular weight excluding hydrogens is 250 g/mol. The summed E-state index contributed by atoms with van der Waals surface area (Å²) in [6, 6.07) is 9.47. The number of benzene rings is 1. The quantitative estimate of drug-likeness (QED) is 0.641. The SMILES string of the molecule is CCCCSC(C)C(NCCC)c1ccc(C)cc1. The zero-order valence-electron chi connectivity index (χ0n) is 12.9. The van der Waals surface area contributed by atoms with E-state index in [0.717, 1.165) is 6.54 Å². The highest BCUT2D eigenvalue weighted by Gasteiger charge is 2.18. The Morgan fingerprint density at radius 2 is 1.79 bits per heavy atom. The van der Waals surface area contributed by atoms with Gasteiger partial charge in [0.25, 0.3) is 0 Å². The van der Waals surface area contributed by atoms with Gasteiger partial charge in [0.15, 0.2) is 0 Å². The molecule has 19 heavy (non-hydrogen) atoms. The van der Waals surface area contributed by atoms with E-state index in [9.17, 15) is 0 Å². The van der Waals surface area contributed by atoms with Crippen LogP contribution in [-0.4, -0.2) is 17.5 Å². The molecule has 2 heteroatoms. The molecule has 108 valence electrons. The van der Waals surface area contributed by atoms with E-state index in [4.69, 9.17) is 0 Å². The van der Waals surface area contributed by atoms with Gasteiger partial charge in [0.1, 0.15) is 0 Å². The molecule has 0 bridgehead atoms. The van der Waals surface area contributed by atoms with Crippen molar-refractivity contribution < 1.29 is 0 Å². The maximum atomic E-state index is 3.71. The molecule has 0 saturated heterocycles. The van der Waals surface area contributed by atoms with Crippen molar-refractivity contribution in [1.29, 1.82) is 0 Å². The van der Waals surface area contributed by atoms with E-state index in [0.29, 0.717) is 11.3 Å². The molecule has 0 fully saturated rings. The zero-order valence-corrected chi connectivity index (χ0v) is 13.7. The van der Waals surface area contributed by atoms with Crippen molar-refractivity contribution >= 4 is 11.8 Å². The summed E-state index contributed by atoms with van der Waals surface area (Å²) in [5.41, 5.74) is 2.76. The monoisotopic (exact) mass is 279 g/mol. The van der Waals surface area contributed by atoms with E-state index in [1.165, 1.54) is 36.1 Å². The maximum absolute atomic E-state index is 3.71. The normalized spacial score (nSPS) is 14.3. The third-order valence-electron chi connectivity index (χ3n) is 3.40. The van der Waals surface area contributed by atoms with Gasteiger partial charge in [-0.3, -0.25) is 0 Å². The molecular formula is C17H29NS. The Bertz CT molecular complexity index is 334. The smallest absolute Gasteiger partial charge is 0.0437 e. The highest BCUT2D eigenvalue weighted by atomic mass is 32.2. The third kappa shape index (κ3) is 6.01. The summed E-state index contributed by atoms with van der Waals surface area (Å²) >= 11 is 2.10. The summed E-state index contributed by atoms with van der Waals surface area (Å²) in [7, 11) is 0. The van der Waals surface area contributed by atoms with Crippen molar-refractivity contribution in [3.05, 3.63) is 35.4 Å². The minimum Gasteiger partial charge on any atom is -0.309 e. The largest absolute Gasteiger partial charge is 0.309 e. The lowest BCUT2D eigenvalue weighted by Crippen LogP contribution is -2.29. The number of unbranched alkanes of at least 4 members (excludes halogenated alkanes) is 1. The lowest BCUT2D eigenvalue weighted by Gasteiger charge is -2.25. The zero-order chi connectivity index (χ0) is 14.1. The summed E-state index contributed by atoms with van der Waals surface area (Å²) in [6.45, 7) is 10.1. The predicted octanol–water partition coefficient (Wildman–Crippen LogP) is 4.96. The summed E-state index contributed by atoms with van der Waals surface area (Å²) in [4.78, 5) is 0. The molecule has 2 unspecified atom stereocenters. The Morgan fingerprint density at radius 3 is 2.37 bits per heavy atom. The summed E-state index contributed by atoms with van der Waals surface area (Å²) in [5, 5.41) is 4.34. The second kappa shape index (κ2) is 9.44. The molecule has 1 nitrogen and oxygen atoms in total.